The van der Waals surface area contributed by atoms with Crippen molar-refractivity contribution in [1.29, 1.82) is 0 Å². The molecule has 1 unspecified atom stereocenters. The number of nitrogens with zero attached hydrogens (tertiary/aromatic N) is 1. The smallest absolute Gasteiger partial charge is 0.150 e. The molecule has 0 radical (unpaired) electrons. The highest BCUT2D eigenvalue weighted by Crippen LogP contribution is 2.28. The van der Waals surface area contributed by atoms with Crippen molar-refractivity contribution in [2.45, 2.75) is 25.9 Å². The van der Waals surface area contributed by atoms with Crippen LogP contribution in [0.1, 0.15) is 30.6 Å². The van der Waals surface area contributed by atoms with E-state index in [2.05, 4.69) is 22.4 Å². The van der Waals surface area contributed by atoms with Crippen LogP contribution in [-0.4, -0.2) is 10.2 Å². The van der Waals surface area contributed by atoms with Crippen LogP contribution in [0.2, 0.25) is 0 Å². The third-order valence-corrected chi connectivity index (χ3v) is 2.21. The maximum atomic E-state index is 5.63. The van der Waals surface area contributed by atoms with Crippen molar-refractivity contribution < 1.29 is 0 Å². The predicted octanol–water partition coefficient (Wildman–Crippen LogP) is 0.546. The zero-order valence-electron chi connectivity index (χ0n) is 6.52. The van der Waals surface area contributed by atoms with E-state index in [9.17, 15) is 0 Å². The molecule has 0 saturated heterocycles. The van der Waals surface area contributed by atoms with Gasteiger partial charge >= 0.3 is 0 Å². The molecule has 0 bridgehead atoms. The molecule has 4 N–H and O–H groups in total. The van der Waals surface area contributed by atoms with E-state index in [1.165, 1.54) is 5.69 Å². The van der Waals surface area contributed by atoms with Crippen molar-refractivity contribution in [3.8, 4) is 0 Å². The van der Waals surface area contributed by atoms with Crippen molar-refractivity contribution >= 4 is 5.82 Å². The summed E-state index contributed by atoms with van der Waals surface area (Å²) in [5.41, 5.74) is 7.95. The van der Waals surface area contributed by atoms with Gasteiger partial charge in [0.15, 0.2) is 0 Å². The second-order valence-electron chi connectivity index (χ2n) is 2.84. The number of nitrogen functional groups attached to an aromatic ring is 1. The van der Waals surface area contributed by atoms with E-state index in [4.69, 9.17) is 5.73 Å². The van der Waals surface area contributed by atoms with Crippen LogP contribution < -0.4 is 11.1 Å². The van der Waals surface area contributed by atoms with E-state index in [1.807, 2.05) is 0 Å². The van der Waals surface area contributed by atoms with Gasteiger partial charge in [-0.25, -0.2) is 0 Å². The Morgan fingerprint density at radius 1 is 1.73 bits per heavy atom. The highest BCUT2D eigenvalue weighted by atomic mass is 15.2. The van der Waals surface area contributed by atoms with Gasteiger partial charge in [0.2, 0.25) is 0 Å². The quantitative estimate of drug-likeness (QED) is 0.550. The van der Waals surface area contributed by atoms with Gasteiger partial charge in [-0.15, -0.1) is 0 Å². The van der Waals surface area contributed by atoms with Gasteiger partial charge in [0.05, 0.1) is 5.69 Å². The minimum Gasteiger partial charge on any atom is -0.382 e. The number of hydrogen-bond donors (Lipinski definition) is 3. The van der Waals surface area contributed by atoms with Gasteiger partial charge in [-0.3, -0.25) is 5.10 Å². The first-order valence-electron chi connectivity index (χ1n) is 3.89. The molecule has 2 heterocycles. The van der Waals surface area contributed by atoms with Gasteiger partial charge in [-0.2, -0.15) is 5.10 Å². The minimum atomic E-state index is 0.426. The largest absolute Gasteiger partial charge is 0.382 e. The number of anilines is 1. The van der Waals surface area contributed by atoms with Gasteiger partial charge < -0.3 is 11.1 Å². The molecular weight excluding hydrogens is 140 g/mol. The Hall–Kier alpha value is -1.03. The van der Waals surface area contributed by atoms with Crippen molar-refractivity contribution in [3.05, 3.63) is 11.3 Å². The molecule has 4 heteroatoms. The van der Waals surface area contributed by atoms with Gasteiger partial charge in [0.1, 0.15) is 5.82 Å². The molecule has 0 spiro atoms. The first-order chi connectivity index (χ1) is 5.33. The Labute approximate surface area is 65.2 Å². The summed E-state index contributed by atoms with van der Waals surface area (Å²) >= 11 is 0. The van der Waals surface area contributed by atoms with Crippen molar-refractivity contribution in [1.82, 2.24) is 15.5 Å². The van der Waals surface area contributed by atoms with Gasteiger partial charge in [-0.05, 0) is 6.42 Å². The average Bonchev–Trinajstić information content (AvgIpc) is 2.53. The lowest BCUT2D eigenvalue weighted by atomic mass is 10.1. The number of H-pyrrole nitrogens is 1. The summed E-state index contributed by atoms with van der Waals surface area (Å²) in [7, 11) is 0. The number of aromatic nitrogens is 2. The highest BCUT2D eigenvalue weighted by Gasteiger charge is 2.24. The zero-order chi connectivity index (χ0) is 7.84. The molecule has 0 fully saturated rings. The van der Waals surface area contributed by atoms with Crippen LogP contribution in [0, 0.1) is 0 Å². The molecule has 1 aromatic rings. The molecule has 1 aliphatic heterocycles. The number of nitrogens with one attached hydrogen (secondary N) is 2. The summed E-state index contributed by atoms with van der Waals surface area (Å²) in [6, 6.07) is 0.426. The number of fused-ring (bicyclic) bond motifs is 1. The van der Waals surface area contributed by atoms with Gasteiger partial charge in [-0.1, -0.05) is 6.92 Å². The van der Waals surface area contributed by atoms with E-state index in [0.29, 0.717) is 11.9 Å². The molecule has 0 saturated carbocycles. The lowest BCUT2D eigenvalue weighted by molar-refractivity contribution is 0.552. The van der Waals surface area contributed by atoms with E-state index < -0.39 is 0 Å². The van der Waals surface area contributed by atoms with Crippen LogP contribution >= 0.6 is 0 Å². The molecule has 11 heavy (non-hydrogen) atoms. The molecule has 0 aromatic carbocycles. The standard InChI is InChI=1S/C7H12N4/c1-2-5-6-4(3-9-5)7(8)11-10-6/h5,9H,2-3H2,1H3,(H3,8,10,11). The SMILES string of the molecule is CCC1NCc2c(N)n[nH]c21. The fourth-order valence-corrected chi connectivity index (χ4v) is 1.54. The van der Waals surface area contributed by atoms with Crippen LogP contribution in [0.25, 0.3) is 0 Å². The molecule has 1 aliphatic rings. The molecule has 60 valence electrons. The Morgan fingerprint density at radius 2 is 2.55 bits per heavy atom. The number of nitrogens with two attached hydrogens (primary N) is 1. The maximum absolute atomic E-state index is 5.63. The van der Waals surface area contributed by atoms with Gasteiger partial charge in [0, 0.05) is 18.2 Å². The van der Waals surface area contributed by atoms with E-state index in [1.54, 1.807) is 0 Å². The van der Waals surface area contributed by atoms with Crippen molar-refractivity contribution in [3.63, 3.8) is 0 Å². The maximum Gasteiger partial charge on any atom is 0.150 e. The number of hydrogen-bond acceptors (Lipinski definition) is 3. The Bertz CT molecular complexity index is 265. The Kier molecular flexibility index (Phi) is 1.35. The molecule has 1 atom stereocenters. The third kappa shape index (κ3) is 0.826. The minimum absolute atomic E-state index is 0.426. The van der Waals surface area contributed by atoms with E-state index in [0.717, 1.165) is 18.5 Å². The summed E-state index contributed by atoms with van der Waals surface area (Å²) in [6.45, 7) is 3.00. The molecule has 0 aliphatic carbocycles. The van der Waals surface area contributed by atoms with Crippen LogP contribution in [0.3, 0.4) is 0 Å². The lowest BCUT2D eigenvalue weighted by Crippen LogP contribution is -2.12. The fourth-order valence-electron chi connectivity index (χ4n) is 1.54. The summed E-state index contributed by atoms with van der Waals surface area (Å²) in [5, 5.41) is 10.2. The molecule has 2 rings (SSSR count). The fraction of sp³-hybridized carbons (Fsp3) is 0.571. The topological polar surface area (TPSA) is 66.7 Å². The summed E-state index contributed by atoms with van der Waals surface area (Å²) in [5.74, 6) is 0.642. The van der Waals surface area contributed by atoms with Crippen LogP contribution in [0.4, 0.5) is 5.82 Å². The lowest BCUT2D eigenvalue weighted by Gasteiger charge is -2.04. The number of aromatic amines is 1. The monoisotopic (exact) mass is 152 g/mol. The van der Waals surface area contributed by atoms with Crippen LogP contribution in [0.15, 0.2) is 0 Å². The molecular formula is C7H12N4. The first-order valence-corrected chi connectivity index (χ1v) is 3.89. The van der Waals surface area contributed by atoms with E-state index in [-0.39, 0.29) is 0 Å². The van der Waals surface area contributed by atoms with Crippen LogP contribution in [-0.2, 0) is 6.54 Å². The van der Waals surface area contributed by atoms with Crippen LogP contribution in [0.5, 0.6) is 0 Å². The second-order valence-corrected chi connectivity index (χ2v) is 2.84. The number of rotatable bonds is 1. The molecule has 1 aromatic heterocycles. The van der Waals surface area contributed by atoms with Gasteiger partial charge in [0.25, 0.3) is 0 Å². The van der Waals surface area contributed by atoms with Crippen molar-refractivity contribution in [2.75, 3.05) is 5.73 Å². The second kappa shape index (κ2) is 2.23. The van der Waals surface area contributed by atoms with E-state index >= 15 is 0 Å². The summed E-state index contributed by atoms with van der Waals surface area (Å²) < 4.78 is 0. The molecule has 0 amide bonds. The average molecular weight is 152 g/mol. The first kappa shape index (κ1) is 6.67. The summed E-state index contributed by atoms with van der Waals surface area (Å²) in [6.07, 6.45) is 1.08. The van der Waals surface area contributed by atoms with Crippen molar-refractivity contribution in [2.24, 2.45) is 0 Å². The third-order valence-electron chi connectivity index (χ3n) is 2.21. The Morgan fingerprint density at radius 3 is 3.27 bits per heavy atom. The Balaban J connectivity index is 2.40. The normalized spacial score (nSPS) is 22.1. The zero-order valence-corrected chi connectivity index (χ0v) is 6.52. The highest BCUT2D eigenvalue weighted by molar-refractivity contribution is 5.45. The predicted molar refractivity (Wildman–Crippen MR) is 42.9 cm³/mol. The molecule has 4 nitrogen and oxygen atoms in total. The summed E-state index contributed by atoms with van der Waals surface area (Å²) in [4.78, 5) is 0.